The van der Waals surface area contributed by atoms with Gasteiger partial charge in [0, 0.05) is 6.04 Å². The Bertz CT molecular complexity index is 120. The lowest BCUT2D eigenvalue weighted by Crippen LogP contribution is -2.37. The molecule has 0 spiro atoms. The molecule has 0 aromatic carbocycles. The Morgan fingerprint density at radius 2 is 2.33 bits per heavy atom. The summed E-state index contributed by atoms with van der Waals surface area (Å²) in [5, 5.41) is 3.44. The predicted molar refractivity (Wildman–Crippen MR) is 42.1 cm³/mol. The van der Waals surface area contributed by atoms with Crippen molar-refractivity contribution >= 4 is 17.3 Å². The van der Waals surface area contributed by atoms with E-state index in [1.807, 2.05) is 0 Å². The molecule has 0 aromatic heterocycles. The predicted octanol–water partition coefficient (Wildman–Crippen LogP) is 0.618. The van der Waals surface area contributed by atoms with Crippen LogP contribution in [0.5, 0.6) is 0 Å². The number of hydrogen-bond acceptors (Lipinski definition) is 1. The first kappa shape index (κ1) is 6.81. The fraction of sp³-hybridized carbons (Fsp3) is 0.833. The Labute approximate surface area is 60.8 Å². The Morgan fingerprint density at radius 3 is 2.67 bits per heavy atom. The first-order valence-corrected chi connectivity index (χ1v) is 3.67. The molecule has 0 aromatic rings. The average molecular weight is 144 g/mol. The number of hydrogen-bond donors (Lipinski definition) is 2. The quantitative estimate of drug-likeness (QED) is 0.558. The lowest BCUT2D eigenvalue weighted by molar-refractivity contribution is 0.589. The second kappa shape index (κ2) is 2.52. The largest absolute Gasteiger partial charge is 0.376 e. The third-order valence-corrected chi connectivity index (χ3v) is 1.82. The van der Waals surface area contributed by atoms with Gasteiger partial charge in [0.25, 0.3) is 0 Å². The van der Waals surface area contributed by atoms with Gasteiger partial charge in [-0.2, -0.15) is 0 Å². The smallest absolute Gasteiger partial charge is 0.163 e. The highest BCUT2D eigenvalue weighted by Crippen LogP contribution is 2.32. The minimum atomic E-state index is 0.425. The zero-order chi connectivity index (χ0) is 6.85. The number of nitrogens with two attached hydrogens (primary N) is 1. The standard InChI is InChI=1S/C6H12N2S/c1-4(5-2-3-5)8-6(7)9/h4-5H,2-3H2,1H3,(H3,7,8,9)/t4-/m1/s1. The molecule has 0 unspecified atom stereocenters. The Balaban J connectivity index is 2.17. The topological polar surface area (TPSA) is 38.0 Å². The number of rotatable bonds is 2. The molecule has 1 aliphatic carbocycles. The van der Waals surface area contributed by atoms with E-state index in [9.17, 15) is 0 Å². The molecule has 1 saturated carbocycles. The molecule has 3 heteroatoms. The van der Waals surface area contributed by atoms with Gasteiger partial charge in [-0.3, -0.25) is 0 Å². The van der Waals surface area contributed by atoms with Gasteiger partial charge in [0.2, 0.25) is 0 Å². The third-order valence-electron chi connectivity index (χ3n) is 1.70. The van der Waals surface area contributed by atoms with Crippen molar-refractivity contribution in [2.45, 2.75) is 25.8 Å². The molecule has 0 saturated heterocycles. The van der Waals surface area contributed by atoms with Crippen molar-refractivity contribution in [3.05, 3.63) is 0 Å². The molecule has 0 heterocycles. The minimum absolute atomic E-state index is 0.425. The van der Waals surface area contributed by atoms with Gasteiger partial charge in [-0.1, -0.05) is 0 Å². The zero-order valence-electron chi connectivity index (χ0n) is 5.55. The molecule has 1 fully saturated rings. The highest BCUT2D eigenvalue weighted by atomic mass is 32.1. The monoisotopic (exact) mass is 144 g/mol. The Morgan fingerprint density at radius 1 is 1.78 bits per heavy atom. The van der Waals surface area contributed by atoms with Crippen LogP contribution in [0.25, 0.3) is 0 Å². The molecule has 2 nitrogen and oxygen atoms in total. The summed E-state index contributed by atoms with van der Waals surface area (Å²) >= 11 is 4.69. The molecular weight excluding hydrogens is 132 g/mol. The summed E-state index contributed by atoms with van der Waals surface area (Å²) in [6.45, 7) is 2.12. The van der Waals surface area contributed by atoms with Crippen LogP contribution in [0.15, 0.2) is 0 Å². The van der Waals surface area contributed by atoms with Crippen LogP contribution in [-0.4, -0.2) is 11.2 Å². The van der Waals surface area contributed by atoms with Crippen LogP contribution >= 0.6 is 12.2 Å². The number of thiocarbonyl (C=S) groups is 1. The summed E-state index contributed by atoms with van der Waals surface area (Å²) in [6, 6.07) is 0.488. The van der Waals surface area contributed by atoms with E-state index >= 15 is 0 Å². The Kier molecular flexibility index (Phi) is 1.90. The summed E-state index contributed by atoms with van der Waals surface area (Å²) < 4.78 is 0. The highest BCUT2D eigenvalue weighted by Gasteiger charge is 2.27. The van der Waals surface area contributed by atoms with Gasteiger partial charge in [0.15, 0.2) is 5.11 Å². The second-order valence-electron chi connectivity index (χ2n) is 2.63. The van der Waals surface area contributed by atoms with Crippen molar-refractivity contribution in [1.82, 2.24) is 5.32 Å². The summed E-state index contributed by atoms with van der Waals surface area (Å²) in [5.41, 5.74) is 5.28. The van der Waals surface area contributed by atoms with Gasteiger partial charge >= 0.3 is 0 Å². The maximum Gasteiger partial charge on any atom is 0.163 e. The summed E-state index contributed by atoms with van der Waals surface area (Å²) in [7, 11) is 0. The van der Waals surface area contributed by atoms with E-state index in [0.29, 0.717) is 11.2 Å². The van der Waals surface area contributed by atoms with Crippen LogP contribution in [0, 0.1) is 5.92 Å². The minimum Gasteiger partial charge on any atom is -0.376 e. The van der Waals surface area contributed by atoms with Crippen molar-refractivity contribution in [1.29, 1.82) is 0 Å². The van der Waals surface area contributed by atoms with Crippen molar-refractivity contribution in [2.24, 2.45) is 11.7 Å². The zero-order valence-corrected chi connectivity index (χ0v) is 6.37. The maximum absolute atomic E-state index is 5.28. The van der Waals surface area contributed by atoms with Crippen LogP contribution in [-0.2, 0) is 0 Å². The molecule has 52 valence electrons. The number of nitrogens with one attached hydrogen (secondary N) is 1. The lowest BCUT2D eigenvalue weighted by atomic mass is 10.2. The average Bonchev–Trinajstić information content (AvgIpc) is 2.40. The van der Waals surface area contributed by atoms with Crippen LogP contribution < -0.4 is 11.1 Å². The molecule has 0 radical (unpaired) electrons. The van der Waals surface area contributed by atoms with Gasteiger partial charge in [-0.15, -0.1) is 0 Å². The first-order chi connectivity index (χ1) is 4.20. The summed E-state index contributed by atoms with van der Waals surface area (Å²) in [5.74, 6) is 0.825. The first-order valence-electron chi connectivity index (χ1n) is 3.26. The van der Waals surface area contributed by atoms with Crippen LogP contribution in [0.1, 0.15) is 19.8 Å². The van der Waals surface area contributed by atoms with E-state index in [4.69, 9.17) is 5.73 Å². The SMILES string of the molecule is C[C@@H](NC(N)=S)C1CC1. The normalized spacial score (nSPS) is 21.0. The molecular formula is C6H12N2S. The van der Waals surface area contributed by atoms with Gasteiger partial charge in [-0.25, -0.2) is 0 Å². The van der Waals surface area contributed by atoms with Crippen LogP contribution in [0.4, 0.5) is 0 Å². The lowest BCUT2D eigenvalue weighted by Gasteiger charge is -2.10. The highest BCUT2D eigenvalue weighted by molar-refractivity contribution is 7.80. The van der Waals surface area contributed by atoms with E-state index < -0.39 is 0 Å². The van der Waals surface area contributed by atoms with Crippen LogP contribution in [0.3, 0.4) is 0 Å². The van der Waals surface area contributed by atoms with Gasteiger partial charge in [0.1, 0.15) is 0 Å². The fourth-order valence-corrected chi connectivity index (χ4v) is 1.12. The third kappa shape index (κ3) is 2.18. The van der Waals surface area contributed by atoms with Gasteiger partial charge in [0.05, 0.1) is 0 Å². The van der Waals surface area contributed by atoms with E-state index in [1.165, 1.54) is 12.8 Å². The van der Waals surface area contributed by atoms with E-state index in [2.05, 4.69) is 24.5 Å². The molecule has 1 rings (SSSR count). The molecule has 3 N–H and O–H groups in total. The van der Waals surface area contributed by atoms with E-state index in [0.717, 1.165) is 5.92 Å². The van der Waals surface area contributed by atoms with Crippen molar-refractivity contribution in [2.75, 3.05) is 0 Å². The van der Waals surface area contributed by atoms with Crippen molar-refractivity contribution < 1.29 is 0 Å². The van der Waals surface area contributed by atoms with Gasteiger partial charge < -0.3 is 11.1 Å². The molecule has 0 aliphatic heterocycles. The van der Waals surface area contributed by atoms with Crippen molar-refractivity contribution in [3.8, 4) is 0 Å². The molecule has 9 heavy (non-hydrogen) atoms. The molecule has 1 aliphatic rings. The molecule has 0 bridgehead atoms. The van der Waals surface area contributed by atoms with Gasteiger partial charge in [-0.05, 0) is 37.9 Å². The van der Waals surface area contributed by atoms with E-state index in [1.54, 1.807) is 0 Å². The van der Waals surface area contributed by atoms with Crippen LogP contribution in [0.2, 0.25) is 0 Å². The second-order valence-corrected chi connectivity index (χ2v) is 3.07. The van der Waals surface area contributed by atoms with Crippen molar-refractivity contribution in [3.63, 3.8) is 0 Å². The molecule has 0 amide bonds. The Hall–Kier alpha value is -0.310. The summed E-state index contributed by atoms with van der Waals surface area (Å²) in [4.78, 5) is 0. The molecule has 1 atom stereocenters. The van der Waals surface area contributed by atoms with E-state index in [-0.39, 0.29) is 0 Å². The maximum atomic E-state index is 5.28. The summed E-state index contributed by atoms with van der Waals surface area (Å²) in [6.07, 6.45) is 2.66. The fourth-order valence-electron chi connectivity index (χ4n) is 0.938.